The van der Waals surface area contributed by atoms with Crippen LogP contribution in [-0.2, 0) is 4.79 Å². The van der Waals surface area contributed by atoms with Crippen LogP contribution in [0.2, 0.25) is 0 Å². The molecule has 0 spiro atoms. The lowest BCUT2D eigenvalue weighted by Crippen LogP contribution is -2.46. The summed E-state index contributed by atoms with van der Waals surface area (Å²) in [7, 11) is 1.57. The summed E-state index contributed by atoms with van der Waals surface area (Å²) in [6, 6.07) is 5.25. The Balaban J connectivity index is 0.00000300. The second kappa shape index (κ2) is 11.3. The Bertz CT molecular complexity index is 695. The Kier molecular flexibility index (Phi) is 9.04. The minimum atomic E-state index is -0.0577. The number of rotatable bonds is 7. The standard InChI is InChI=1S/C21H31N3O4.ClH/c1-3-28-18-9-8-16(12-19(18)27-2)21(26)24-11-5-6-15(14-24)13-23-20(25)17-7-4-10-22-17;/h8-9,12,15,17,22H,3-7,10-11,13-14H2,1-2H3,(H,23,25);1H. The SMILES string of the molecule is CCOc1ccc(C(=O)N2CCCC(CNC(=O)C3CCCN3)C2)cc1OC.Cl. The highest BCUT2D eigenvalue weighted by Crippen LogP contribution is 2.29. The fourth-order valence-electron chi connectivity index (χ4n) is 3.95. The number of carbonyl (C=O) groups excluding carboxylic acids is 2. The molecule has 8 heteroatoms. The van der Waals surface area contributed by atoms with Gasteiger partial charge in [-0.1, -0.05) is 0 Å². The van der Waals surface area contributed by atoms with Gasteiger partial charge in [0, 0.05) is 25.2 Å². The van der Waals surface area contributed by atoms with Crippen molar-refractivity contribution in [2.75, 3.05) is 39.9 Å². The number of nitrogens with zero attached hydrogens (tertiary/aromatic N) is 1. The van der Waals surface area contributed by atoms with Crippen LogP contribution in [0.5, 0.6) is 11.5 Å². The van der Waals surface area contributed by atoms with E-state index in [1.807, 2.05) is 11.8 Å². The van der Waals surface area contributed by atoms with E-state index in [1.54, 1.807) is 25.3 Å². The van der Waals surface area contributed by atoms with Crippen LogP contribution in [0.15, 0.2) is 18.2 Å². The highest BCUT2D eigenvalue weighted by molar-refractivity contribution is 5.95. The molecule has 2 aliphatic rings. The molecule has 0 saturated carbocycles. The molecule has 7 nitrogen and oxygen atoms in total. The van der Waals surface area contributed by atoms with Gasteiger partial charge in [0.05, 0.1) is 19.8 Å². The van der Waals surface area contributed by atoms with E-state index in [0.29, 0.717) is 36.8 Å². The number of benzene rings is 1. The molecule has 2 aliphatic heterocycles. The first-order chi connectivity index (χ1) is 13.6. The van der Waals surface area contributed by atoms with Crippen LogP contribution in [-0.4, -0.2) is 62.7 Å². The minimum Gasteiger partial charge on any atom is -0.493 e. The first-order valence-electron chi connectivity index (χ1n) is 10.2. The number of amides is 2. The fraction of sp³-hybridized carbons (Fsp3) is 0.619. The van der Waals surface area contributed by atoms with Gasteiger partial charge in [-0.2, -0.15) is 0 Å². The predicted molar refractivity (Wildman–Crippen MR) is 114 cm³/mol. The van der Waals surface area contributed by atoms with Crippen molar-refractivity contribution in [3.05, 3.63) is 23.8 Å². The average Bonchev–Trinajstić information content (AvgIpc) is 3.27. The van der Waals surface area contributed by atoms with Crippen molar-refractivity contribution < 1.29 is 19.1 Å². The molecular formula is C21H32ClN3O4. The van der Waals surface area contributed by atoms with E-state index in [1.165, 1.54) is 0 Å². The number of hydrogen-bond donors (Lipinski definition) is 2. The van der Waals surface area contributed by atoms with Gasteiger partial charge in [-0.3, -0.25) is 9.59 Å². The van der Waals surface area contributed by atoms with Gasteiger partial charge in [0.15, 0.2) is 11.5 Å². The monoisotopic (exact) mass is 425 g/mol. The molecule has 0 aliphatic carbocycles. The van der Waals surface area contributed by atoms with Crippen molar-refractivity contribution in [2.24, 2.45) is 5.92 Å². The third kappa shape index (κ3) is 6.00. The molecule has 2 N–H and O–H groups in total. The zero-order valence-electron chi connectivity index (χ0n) is 17.2. The highest BCUT2D eigenvalue weighted by atomic mass is 35.5. The molecule has 2 amide bonds. The van der Waals surface area contributed by atoms with E-state index >= 15 is 0 Å². The number of ether oxygens (including phenoxy) is 2. The molecule has 2 fully saturated rings. The molecular weight excluding hydrogens is 394 g/mol. The Morgan fingerprint density at radius 3 is 2.76 bits per heavy atom. The van der Waals surface area contributed by atoms with E-state index in [4.69, 9.17) is 9.47 Å². The van der Waals surface area contributed by atoms with Gasteiger partial charge in [-0.05, 0) is 63.3 Å². The normalized spacial score (nSPS) is 21.2. The maximum Gasteiger partial charge on any atom is 0.254 e. The summed E-state index contributed by atoms with van der Waals surface area (Å²) in [6.45, 7) is 5.38. The van der Waals surface area contributed by atoms with Crippen LogP contribution in [0.4, 0.5) is 0 Å². The van der Waals surface area contributed by atoms with Crippen molar-refractivity contribution in [2.45, 2.75) is 38.6 Å². The lowest BCUT2D eigenvalue weighted by molar-refractivity contribution is -0.123. The van der Waals surface area contributed by atoms with Gasteiger partial charge in [0.25, 0.3) is 5.91 Å². The van der Waals surface area contributed by atoms with Crippen molar-refractivity contribution in [1.82, 2.24) is 15.5 Å². The highest BCUT2D eigenvalue weighted by Gasteiger charge is 2.27. The van der Waals surface area contributed by atoms with Crippen LogP contribution < -0.4 is 20.1 Å². The lowest BCUT2D eigenvalue weighted by Gasteiger charge is -2.33. The Morgan fingerprint density at radius 1 is 1.24 bits per heavy atom. The zero-order chi connectivity index (χ0) is 19.9. The number of piperidine rings is 1. The molecule has 2 saturated heterocycles. The fourth-order valence-corrected chi connectivity index (χ4v) is 3.95. The molecule has 1 aromatic carbocycles. The van der Waals surface area contributed by atoms with E-state index < -0.39 is 0 Å². The molecule has 0 aromatic heterocycles. The van der Waals surface area contributed by atoms with Gasteiger partial charge in [0.2, 0.25) is 5.91 Å². The van der Waals surface area contributed by atoms with E-state index in [9.17, 15) is 9.59 Å². The first kappa shape index (κ1) is 23.3. The minimum absolute atomic E-state index is 0. The lowest BCUT2D eigenvalue weighted by atomic mass is 9.97. The molecule has 2 unspecified atom stereocenters. The number of hydrogen-bond acceptors (Lipinski definition) is 5. The molecule has 29 heavy (non-hydrogen) atoms. The Morgan fingerprint density at radius 2 is 2.07 bits per heavy atom. The maximum absolute atomic E-state index is 13.0. The van der Waals surface area contributed by atoms with Crippen molar-refractivity contribution >= 4 is 24.2 Å². The Hall–Kier alpha value is -1.99. The molecule has 2 atom stereocenters. The summed E-state index contributed by atoms with van der Waals surface area (Å²) >= 11 is 0. The largest absolute Gasteiger partial charge is 0.493 e. The smallest absolute Gasteiger partial charge is 0.254 e. The summed E-state index contributed by atoms with van der Waals surface area (Å²) in [5, 5.41) is 6.28. The number of carbonyl (C=O) groups is 2. The molecule has 1 aromatic rings. The Labute approximate surface area is 178 Å². The van der Waals surface area contributed by atoms with Gasteiger partial charge >= 0.3 is 0 Å². The van der Waals surface area contributed by atoms with Gasteiger partial charge in [-0.25, -0.2) is 0 Å². The third-order valence-electron chi connectivity index (χ3n) is 5.46. The second-order valence-electron chi connectivity index (χ2n) is 7.45. The number of methoxy groups -OCH3 is 1. The molecule has 0 radical (unpaired) electrons. The summed E-state index contributed by atoms with van der Waals surface area (Å²) in [5.74, 6) is 1.57. The van der Waals surface area contributed by atoms with Crippen molar-refractivity contribution in [3.63, 3.8) is 0 Å². The number of likely N-dealkylation sites (tertiary alicyclic amines) is 1. The van der Waals surface area contributed by atoms with Crippen LogP contribution in [0.3, 0.4) is 0 Å². The molecule has 2 heterocycles. The van der Waals surface area contributed by atoms with Crippen molar-refractivity contribution in [3.8, 4) is 11.5 Å². The average molecular weight is 426 g/mol. The third-order valence-corrected chi connectivity index (χ3v) is 5.46. The summed E-state index contributed by atoms with van der Waals surface area (Å²) < 4.78 is 10.9. The van der Waals surface area contributed by atoms with Gasteiger partial charge in [-0.15, -0.1) is 12.4 Å². The molecule has 162 valence electrons. The summed E-state index contributed by atoms with van der Waals surface area (Å²) in [5.41, 5.74) is 0.597. The summed E-state index contributed by atoms with van der Waals surface area (Å²) in [6.07, 6.45) is 3.92. The van der Waals surface area contributed by atoms with Crippen LogP contribution in [0.1, 0.15) is 43.0 Å². The van der Waals surface area contributed by atoms with E-state index in [-0.39, 0.29) is 36.2 Å². The maximum atomic E-state index is 13.0. The van der Waals surface area contributed by atoms with Crippen molar-refractivity contribution in [1.29, 1.82) is 0 Å². The van der Waals surface area contributed by atoms with Gasteiger partial charge < -0.3 is 25.0 Å². The van der Waals surface area contributed by atoms with Crippen LogP contribution in [0, 0.1) is 5.92 Å². The second-order valence-corrected chi connectivity index (χ2v) is 7.45. The predicted octanol–water partition coefficient (Wildman–Crippen LogP) is 2.24. The van der Waals surface area contributed by atoms with E-state index in [0.717, 1.165) is 38.8 Å². The molecule has 3 rings (SSSR count). The van der Waals surface area contributed by atoms with E-state index in [2.05, 4.69) is 10.6 Å². The van der Waals surface area contributed by atoms with Crippen LogP contribution in [0.25, 0.3) is 0 Å². The zero-order valence-corrected chi connectivity index (χ0v) is 18.1. The first-order valence-corrected chi connectivity index (χ1v) is 10.2. The number of nitrogens with one attached hydrogen (secondary N) is 2. The summed E-state index contributed by atoms with van der Waals surface area (Å²) in [4.78, 5) is 27.0. The quantitative estimate of drug-likeness (QED) is 0.700. The van der Waals surface area contributed by atoms with Crippen LogP contribution >= 0.6 is 12.4 Å². The molecule has 0 bridgehead atoms. The van der Waals surface area contributed by atoms with Gasteiger partial charge in [0.1, 0.15) is 0 Å². The topological polar surface area (TPSA) is 79.9 Å². The number of halogens is 1.